The van der Waals surface area contributed by atoms with Gasteiger partial charge in [-0.25, -0.2) is 0 Å². The lowest BCUT2D eigenvalue weighted by Crippen LogP contribution is -2.47. The molecule has 122 valence electrons. The number of fused-ring (bicyclic) bond motifs is 5. The minimum atomic E-state index is -0.722. The highest BCUT2D eigenvalue weighted by molar-refractivity contribution is 6.08. The molecule has 3 amide bonds. The molecular weight excluding hydrogens is 314 g/mol. The number of rotatable bonds is 3. The van der Waals surface area contributed by atoms with Crippen molar-refractivity contribution in [2.75, 3.05) is 0 Å². The maximum Gasteiger partial charge on any atom is 0.270 e. The fourth-order valence-corrected chi connectivity index (χ4v) is 3.94. The zero-order valence-corrected chi connectivity index (χ0v) is 12.4. The second kappa shape index (κ2) is 4.98. The Kier molecular flexibility index (Phi) is 3.02. The number of hydrogen-bond acceptors (Lipinski definition) is 5. The molecule has 1 N–H and O–H groups in total. The predicted octanol–water partition coefficient (Wildman–Crippen LogP) is 1.05. The van der Waals surface area contributed by atoms with Gasteiger partial charge in [-0.05, 0) is 24.3 Å². The Labute approximate surface area is 136 Å². The largest absolute Gasteiger partial charge is 0.272 e. The van der Waals surface area contributed by atoms with E-state index in [2.05, 4.69) is 5.43 Å². The summed E-state index contributed by atoms with van der Waals surface area (Å²) in [5.41, 5.74) is 2.08. The van der Waals surface area contributed by atoms with E-state index in [0.29, 0.717) is 0 Å². The third kappa shape index (κ3) is 1.96. The zero-order valence-electron chi connectivity index (χ0n) is 12.4. The van der Waals surface area contributed by atoms with E-state index in [-0.39, 0.29) is 23.1 Å². The monoisotopic (exact) mass is 327 g/mol. The number of benzene rings is 1. The molecule has 1 saturated heterocycles. The summed E-state index contributed by atoms with van der Waals surface area (Å²) in [6.07, 6.45) is 4.73. The van der Waals surface area contributed by atoms with Crippen LogP contribution in [0.15, 0.2) is 36.4 Å². The normalized spacial score (nSPS) is 29.9. The summed E-state index contributed by atoms with van der Waals surface area (Å²) in [6.45, 7) is 0. The highest BCUT2D eigenvalue weighted by Gasteiger charge is 2.59. The molecule has 4 rings (SSSR count). The van der Waals surface area contributed by atoms with Crippen LogP contribution in [0.5, 0.6) is 0 Å². The Morgan fingerprint density at radius 3 is 2.38 bits per heavy atom. The number of carbonyl (C=O) groups is 3. The molecule has 2 bridgehead atoms. The number of hydrazine groups is 1. The van der Waals surface area contributed by atoms with Crippen LogP contribution in [0.25, 0.3) is 0 Å². The quantitative estimate of drug-likeness (QED) is 0.386. The summed E-state index contributed by atoms with van der Waals surface area (Å²) in [5.74, 6) is -2.23. The number of amides is 3. The molecule has 8 nitrogen and oxygen atoms in total. The van der Waals surface area contributed by atoms with Crippen LogP contribution in [-0.4, -0.2) is 27.7 Å². The third-order valence-electron chi connectivity index (χ3n) is 5.00. The minimum Gasteiger partial charge on any atom is -0.272 e. The first-order valence-corrected chi connectivity index (χ1v) is 7.59. The number of carbonyl (C=O) groups excluding carboxylic acids is 3. The van der Waals surface area contributed by atoms with Gasteiger partial charge < -0.3 is 0 Å². The molecule has 1 heterocycles. The van der Waals surface area contributed by atoms with Crippen molar-refractivity contribution >= 4 is 23.4 Å². The molecule has 0 spiro atoms. The number of nitro benzene ring substituents is 1. The number of allylic oxidation sites excluding steroid dienone is 2. The fourth-order valence-electron chi connectivity index (χ4n) is 3.94. The van der Waals surface area contributed by atoms with E-state index in [1.54, 1.807) is 0 Å². The van der Waals surface area contributed by atoms with Crippen molar-refractivity contribution in [1.82, 2.24) is 10.4 Å². The van der Waals surface area contributed by atoms with Gasteiger partial charge in [0, 0.05) is 17.7 Å². The van der Waals surface area contributed by atoms with E-state index in [1.165, 1.54) is 18.2 Å². The lowest BCUT2D eigenvalue weighted by molar-refractivity contribution is -0.384. The first-order valence-electron chi connectivity index (χ1n) is 7.59. The van der Waals surface area contributed by atoms with E-state index in [4.69, 9.17) is 0 Å². The number of imide groups is 1. The summed E-state index contributed by atoms with van der Waals surface area (Å²) in [6, 6.07) is 5.13. The third-order valence-corrected chi connectivity index (χ3v) is 5.00. The van der Waals surface area contributed by atoms with Crippen LogP contribution >= 0.6 is 0 Å². The molecule has 1 aliphatic heterocycles. The Hall–Kier alpha value is -3.03. The number of nitrogens with zero attached hydrogens (tertiary/aromatic N) is 2. The zero-order chi connectivity index (χ0) is 17.0. The molecular formula is C16H13N3O5. The standard InChI is InChI=1S/C16H13N3O5/c20-14(10-2-1-3-11(7-10)19(23)24)17-18-15(21)12-8-4-5-9(6-8)13(12)16(18)22/h1-5,7-9,12-13H,6H2,(H,17,20)/t8-,9+,12-,13+. The second-order valence-electron chi connectivity index (χ2n) is 6.26. The summed E-state index contributed by atoms with van der Waals surface area (Å²) < 4.78 is 0. The van der Waals surface area contributed by atoms with Gasteiger partial charge in [-0.2, -0.15) is 5.01 Å². The van der Waals surface area contributed by atoms with Gasteiger partial charge >= 0.3 is 0 Å². The Morgan fingerprint density at radius 2 is 1.79 bits per heavy atom. The smallest absolute Gasteiger partial charge is 0.270 e. The Morgan fingerprint density at radius 1 is 1.17 bits per heavy atom. The van der Waals surface area contributed by atoms with Crippen molar-refractivity contribution in [2.45, 2.75) is 6.42 Å². The summed E-state index contributed by atoms with van der Waals surface area (Å²) in [5, 5.41) is 11.6. The van der Waals surface area contributed by atoms with Crippen LogP contribution in [0.4, 0.5) is 5.69 Å². The van der Waals surface area contributed by atoms with Crippen LogP contribution < -0.4 is 5.43 Å². The molecule has 2 aliphatic carbocycles. The molecule has 2 fully saturated rings. The highest BCUT2D eigenvalue weighted by atomic mass is 16.6. The summed E-state index contributed by atoms with van der Waals surface area (Å²) >= 11 is 0. The van der Waals surface area contributed by atoms with Gasteiger partial charge in [0.05, 0.1) is 16.8 Å². The van der Waals surface area contributed by atoms with Crippen LogP contribution in [-0.2, 0) is 9.59 Å². The summed E-state index contributed by atoms with van der Waals surface area (Å²) in [7, 11) is 0. The minimum absolute atomic E-state index is 0.0166. The molecule has 1 aromatic carbocycles. The summed E-state index contributed by atoms with van der Waals surface area (Å²) in [4.78, 5) is 47.4. The lowest BCUT2D eigenvalue weighted by Gasteiger charge is -2.17. The number of non-ortho nitro benzene ring substituents is 1. The van der Waals surface area contributed by atoms with Crippen molar-refractivity contribution < 1.29 is 19.3 Å². The average molecular weight is 327 g/mol. The van der Waals surface area contributed by atoms with E-state index in [0.717, 1.165) is 17.5 Å². The molecule has 0 radical (unpaired) electrons. The molecule has 1 saturated carbocycles. The fraction of sp³-hybridized carbons (Fsp3) is 0.312. The maximum atomic E-state index is 12.5. The van der Waals surface area contributed by atoms with E-state index in [1.807, 2.05) is 12.2 Å². The molecule has 0 aromatic heterocycles. The van der Waals surface area contributed by atoms with Gasteiger partial charge in [-0.1, -0.05) is 18.2 Å². The molecule has 1 aromatic rings. The van der Waals surface area contributed by atoms with E-state index in [9.17, 15) is 24.5 Å². The van der Waals surface area contributed by atoms with Gasteiger partial charge in [0.25, 0.3) is 23.4 Å². The predicted molar refractivity (Wildman–Crippen MR) is 80.1 cm³/mol. The van der Waals surface area contributed by atoms with Gasteiger partial charge in [-0.15, -0.1) is 0 Å². The number of hydrogen-bond donors (Lipinski definition) is 1. The topological polar surface area (TPSA) is 110 Å². The number of nitro groups is 1. The van der Waals surface area contributed by atoms with Crippen LogP contribution in [0.2, 0.25) is 0 Å². The lowest BCUT2D eigenvalue weighted by atomic mass is 9.85. The van der Waals surface area contributed by atoms with Crippen molar-refractivity contribution in [1.29, 1.82) is 0 Å². The molecule has 24 heavy (non-hydrogen) atoms. The van der Waals surface area contributed by atoms with Gasteiger partial charge in [0.2, 0.25) is 0 Å². The van der Waals surface area contributed by atoms with Gasteiger partial charge in [0.1, 0.15) is 0 Å². The van der Waals surface area contributed by atoms with Crippen LogP contribution in [0, 0.1) is 33.8 Å². The molecule has 3 aliphatic rings. The Balaban J connectivity index is 1.55. The Bertz CT molecular complexity index is 788. The van der Waals surface area contributed by atoms with Gasteiger partial charge in [-0.3, -0.25) is 29.9 Å². The number of nitrogens with one attached hydrogen (secondary N) is 1. The SMILES string of the molecule is O=C(NN1C(=O)[C@@H]2[C@H](C1=O)[C@@H]1C=C[C@H]2C1)c1cccc([N+](=O)[O-])c1. The molecule has 0 unspecified atom stereocenters. The van der Waals surface area contributed by atoms with Crippen molar-refractivity contribution in [3.8, 4) is 0 Å². The van der Waals surface area contributed by atoms with Crippen molar-refractivity contribution in [2.24, 2.45) is 23.7 Å². The molecule has 4 atom stereocenters. The van der Waals surface area contributed by atoms with E-state index < -0.39 is 34.5 Å². The van der Waals surface area contributed by atoms with Crippen molar-refractivity contribution in [3.05, 3.63) is 52.1 Å². The van der Waals surface area contributed by atoms with Gasteiger partial charge in [0.15, 0.2) is 0 Å². The van der Waals surface area contributed by atoms with E-state index >= 15 is 0 Å². The second-order valence-corrected chi connectivity index (χ2v) is 6.26. The van der Waals surface area contributed by atoms with Crippen LogP contribution in [0.1, 0.15) is 16.8 Å². The maximum absolute atomic E-state index is 12.5. The van der Waals surface area contributed by atoms with Crippen LogP contribution in [0.3, 0.4) is 0 Å². The first-order chi connectivity index (χ1) is 11.5. The first kappa shape index (κ1) is 14.6. The molecule has 8 heteroatoms. The average Bonchev–Trinajstić information content (AvgIpc) is 3.24. The highest BCUT2D eigenvalue weighted by Crippen LogP contribution is 2.52. The van der Waals surface area contributed by atoms with Crippen molar-refractivity contribution in [3.63, 3.8) is 0 Å².